The molecule has 0 aromatic heterocycles. The van der Waals surface area contributed by atoms with Gasteiger partial charge in [-0.05, 0) is 50.5 Å². The zero-order valence-electron chi connectivity index (χ0n) is 14.3. The molecule has 3 rings (SSSR count). The van der Waals surface area contributed by atoms with Crippen molar-refractivity contribution in [1.29, 1.82) is 0 Å². The number of nitrogens with zero attached hydrogens (tertiary/aromatic N) is 1. The fourth-order valence-corrected chi connectivity index (χ4v) is 3.98. The molecule has 1 aromatic carbocycles. The van der Waals surface area contributed by atoms with Gasteiger partial charge in [-0.2, -0.15) is 0 Å². The van der Waals surface area contributed by atoms with E-state index in [1.54, 1.807) is 7.05 Å². The van der Waals surface area contributed by atoms with Crippen LogP contribution in [-0.2, 0) is 11.2 Å². The summed E-state index contributed by atoms with van der Waals surface area (Å²) in [6.45, 7) is 4.60. The van der Waals surface area contributed by atoms with Crippen LogP contribution < -0.4 is 5.32 Å². The summed E-state index contributed by atoms with van der Waals surface area (Å²) in [6.07, 6.45) is 5.34. The number of hydrogen-bond donors (Lipinski definition) is 1. The van der Waals surface area contributed by atoms with E-state index in [9.17, 15) is 4.79 Å². The molecule has 4 nitrogen and oxygen atoms in total. The molecule has 2 saturated heterocycles. The minimum Gasteiger partial charge on any atom is -0.375 e. The highest BCUT2D eigenvalue weighted by Crippen LogP contribution is 2.38. The van der Waals surface area contributed by atoms with Gasteiger partial charge < -0.3 is 15.0 Å². The van der Waals surface area contributed by atoms with Crippen molar-refractivity contribution >= 4 is 6.03 Å². The maximum absolute atomic E-state index is 11.7. The maximum Gasteiger partial charge on any atom is 0.317 e. The zero-order valence-corrected chi connectivity index (χ0v) is 14.3. The second kappa shape index (κ2) is 6.91. The van der Waals surface area contributed by atoms with Crippen molar-refractivity contribution < 1.29 is 9.53 Å². The molecule has 1 N–H and O–H groups in total. The fraction of sp³-hybridized carbons (Fsp3) is 0.632. The van der Waals surface area contributed by atoms with Gasteiger partial charge in [-0.25, -0.2) is 4.79 Å². The molecular formula is C19H28N2O2. The molecule has 2 fully saturated rings. The zero-order chi connectivity index (χ0) is 16.3. The molecule has 1 atom stereocenters. The Labute approximate surface area is 139 Å². The first kappa shape index (κ1) is 16.3. The number of carbonyl (C=O) groups is 1. The second-order valence-electron chi connectivity index (χ2n) is 7.12. The fourth-order valence-electron chi connectivity index (χ4n) is 3.98. The first-order chi connectivity index (χ1) is 11.1. The number of urea groups is 1. The van der Waals surface area contributed by atoms with Gasteiger partial charge in [0.1, 0.15) is 0 Å². The van der Waals surface area contributed by atoms with Crippen LogP contribution in [0.3, 0.4) is 0 Å². The van der Waals surface area contributed by atoms with Crippen LogP contribution in [0.15, 0.2) is 24.3 Å². The summed E-state index contributed by atoms with van der Waals surface area (Å²) in [5.74, 6) is 0.693. The Morgan fingerprint density at radius 1 is 1.30 bits per heavy atom. The normalized spacial score (nSPS) is 23.7. The Kier molecular flexibility index (Phi) is 4.90. The largest absolute Gasteiger partial charge is 0.375 e. The predicted octanol–water partition coefficient (Wildman–Crippen LogP) is 3.14. The van der Waals surface area contributed by atoms with Gasteiger partial charge in [-0.15, -0.1) is 0 Å². The average Bonchev–Trinajstić information content (AvgIpc) is 2.57. The number of benzene rings is 1. The number of aryl methyl sites for hydroxylation is 1. The first-order valence-electron chi connectivity index (χ1n) is 8.76. The van der Waals surface area contributed by atoms with E-state index < -0.39 is 0 Å². The molecule has 23 heavy (non-hydrogen) atoms. The first-order valence-corrected chi connectivity index (χ1v) is 8.76. The highest BCUT2D eigenvalue weighted by Gasteiger charge is 2.40. The number of ether oxygens (including phenoxy) is 1. The van der Waals surface area contributed by atoms with E-state index in [-0.39, 0.29) is 11.6 Å². The van der Waals surface area contributed by atoms with Crippen LogP contribution >= 0.6 is 0 Å². The number of carbonyl (C=O) groups excluding carboxylic acids is 1. The van der Waals surface area contributed by atoms with Crippen molar-refractivity contribution in [3.05, 3.63) is 35.4 Å². The minimum atomic E-state index is -0.00185. The van der Waals surface area contributed by atoms with Crippen molar-refractivity contribution in [2.45, 2.75) is 44.6 Å². The van der Waals surface area contributed by atoms with Gasteiger partial charge in [-0.1, -0.05) is 29.8 Å². The van der Waals surface area contributed by atoms with E-state index in [1.165, 1.54) is 11.1 Å². The van der Waals surface area contributed by atoms with Crippen LogP contribution in [-0.4, -0.2) is 43.3 Å². The summed E-state index contributed by atoms with van der Waals surface area (Å²) in [5, 5.41) is 2.72. The third-order valence-corrected chi connectivity index (χ3v) is 5.42. The van der Waals surface area contributed by atoms with Crippen LogP contribution in [0.2, 0.25) is 0 Å². The Balaban J connectivity index is 1.58. The standard InChI is InChI=1S/C19H28N2O2/c1-15-3-5-16(6-4-15)13-17-7-12-23-19(14-17)8-10-21(11-9-19)18(22)20-2/h3-6,17H,7-14H2,1-2H3,(H,20,22). The van der Waals surface area contributed by atoms with E-state index in [4.69, 9.17) is 4.74 Å². The van der Waals surface area contributed by atoms with E-state index in [0.29, 0.717) is 5.92 Å². The average molecular weight is 316 g/mol. The summed E-state index contributed by atoms with van der Waals surface area (Å²) >= 11 is 0. The van der Waals surface area contributed by atoms with Gasteiger partial charge in [0.2, 0.25) is 0 Å². The quantitative estimate of drug-likeness (QED) is 0.911. The molecule has 126 valence electrons. The van der Waals surface area contributed by atoms with Crippen LogP contribution in [0.4, 0.5) is 4.79 Å². The Bertz CT molecular complexity index is 533. The van der Waals surface area contributed by atoms with Crippen LogP contribution in [0.1, 0.15) is 36.8 Å². The highest BCUT2D eigenvalue weighted by atomic mass is 16.5. The third-order valence-electron chi connectivity index (χ3n) is 5.42. The number of rotatable bonds is 2. The van der Waals surface area contributed by atoms with E-state index in [2.05, 4.69) is 36.5 Å². The van der Waals surface area contributed by atoms with Gasteiger partial charge in [0.25, 0.3) is 0 Å². The van der Waals surface area contributed by atoms with Crippen LogP contribution in [0.5, 0.6) is 0 Å². The van der Waals surface area contributed by atoms with Gasteiger partial charge in [0.15, 0.2) is 0 Å². The van der Waals surface area contributed by atoms with E-state index in [1.807, 2.05) is 4.90 Å². The molecule has 2 aliphatic rings. The predicted molar refractivity (Wildman–Crippen MR) is 91.6 cm³/mol. The number of likely N-dealkylation sites (tertiary alicyclic amines) is 1. The molecule has 1 aromatic rings. The Hall–Kier alpha value is -1.55. The molecule has 4 heteroatoms. The summed E-state index contributed by atoms with van der Waals surface area (Å²) < 4.78 is 6.20. The minimum absolute atomic E-state index is 0.00185. The van der Waals surface area contributed by atoms with Gasteiger partial charge in [0, 0.05) is 26.7 Å². The molecule has 2 aliphatic heterocycles. The van der Waals surface area contributed by atoms with Crippen molar-refractivity contribution in [3.63, 3.8) is 0 Å². The summed E-state index contributed by atoms with van der Waals surface area (Å²) in [7, 11) is 1.70. The molecule has 0 bridgehead atoms. The molecule has 2 amide bonds. The second-order valence-corrected chi connectivity index (χ2v) is 7.12. The van der Waals surface area contributed by atoms with Gasteiger partial charge in [0.05, 0.1) is 5.60 Å². The lowest BCUT2D eigenvalue weighted by atomic mass is 9.77. The van der Waals surface area contributed by atoms with Crippen molar-refractivity contribution in [1.82, 2.24) is 10.2 Å². The lowest BCUT2D eigenvalue weighted by molar-refractivity contribution is -0.122. The third kappa shape index (κ3) is 3.86. The van der Waals surface area contributed by atoms with E-state index in [0.717, 1.165) is 51.8 Å². The monoisotopic (exact) mass is 316 g/mol. The maximum atomic E-state index is 11.7. The SMILES string of the molecule is CNC(=O)N1CCC2(CC1)CC(Cc1ccc(C)cc1)CCO2. The van der Waals surface area contributed by atoms with Gasteiger partial charge >= 0.3 is 6.03 Å². The summed E-state index contributed by atoms with van der Waals surface area (Å²) in [5.41, 5.74) is 2.75. The molecule has 1 unspecified atom stereocenters. The molecule has 1 spiro atoms. The lowest BCUT2D eigenvalue weighted by Crippen LogP contribution is -2.52. The topological polar surface area (TPSA) is 41.6 Å². The number of nitrogens with one attached hydrogen (secondary N) is 1. The molecular weight excluding hydrogens is 288 g/mol. The Morgan fingerprint density at radius 3 is 2.65 bits per heavy atom. The summed E-state index contributed by atoms with van der Waals surface area (Å²) in [6, 6.07) is 8.95. The highest BCUT2D eigenvalue weighted by molar-refractivity contribution is 5.73. The number of amides is 2. The summed E-state index contributed by atoms with van der Waals surface area (Å²) in [4.78, 5) is 13.6. The molecule has 0 saturated carbocycles. The van der Waals surface area contributed by atoms with E-state index >= 15 is 0 Å². The van der Waals surface area contributed by atoms with Crippen molar-refractivity contribution in [2.75, 3.05) is 26.7 Å². The lowest BCUT2D eigenvalue weighted by Gasteiger charge is -2.46. The number of hydrogen-bond acceptors (Lipinski definition) is 2. The van der Waals surface area contributed by atoms with Crippen molar-refractivity contribution in [2.24, 2.45) is 5.92 Å². The Morgan fingerprint density at radius 2 is 2.00 bits per heavy atom. The van der Waals surface area contributed by atoms with Crippen molar-refractivity contribution in [3.8, 4) is 0 Å². The van der Waals surface area contributed by atoms with Crippen LogP contribution in [0.25, 0.3) is 0 Å². The smallest absolute Gasteiger partial charge is 0.317 e. The molecule has 0 aliphatic carbocycles. The number of piperidine rings is 1. The van der Waals surface area contributed by atoms with Gasteiger partial charge in [-0.3, -0.25) is 0 Å². The molecule has 0 radical (unpaired) electrons. The molecule has 2 heterocycles. The van der Waals surface area contributed by atoms with Crippen LogP contribution in [0, 0.1) is 12.8 Å².